The molecule has 158 valence electrons. The highest BCUT2D eigenvalue weighted by molar-refractivity contribution is 14.0. The van der Waals surface area contributed by atoms with Gasteiger partial charge in [-0.15, -0.1) is 24.0 Å². The normalized spacial score (nSPS) is 28.4. The highest BCUT2D eigenvalue weighted by atomic mass is 127. The summed E-state index contributed by atoms with van der Waals surface area (Å²) in [7, 11) is 3.82. The van der Waals surface area contributed by atoms with Gasteiger partial charge in [0.05, 0.1) is 5.56 Å². The SMILES string of the molecule is CN=C(NCC1CCCN(C)C1c1ccc(C(F)(F)F)cc1)NC1CC1C.I. The molecule has 2 N–H and O–H groups in total. The Bertz CT molecular complexity index is 662. The average molecular weight is 510 g/mol. The van der Waals surface area contributed by atoms with Gasteiger partial charge in [-0.25, -0.2) is 0 Å². The van der Waals surface area contributed by atoms with Crippen molar-refractivity contribution < 1.29 is 13.2 Å². The Morgan fingerprint density at radius 2 is 1.89 bits per heavy atom. The van der Waals surface area contributed by atoms with Crippen molar-refractivity contribution in [2.75, 3.05) is 27.2 Å². The first-order valence-corrected chi connectivity index (χ1v) is 9.64. The molecule has 1 saturated heterocycles. The number of benzene rings is 1. The quantitative estimate of drug-likeness (QED) is 0.361. The molecule has 4 atom stereocenters. The first kappa shape index (κ1) is 23.3. The number of alkyl halides is 3. The molecule has 2 fully saturated rings. The summed E-state index contributed by atoms with van der Waals surface area (Å²) < 4.78 is 38.6. The Kier molecular flexibility index (Phi) is 8.01. The molecule has 1 heterocycles. The maximum absolute atomic E-state index is 12.9. The molecule has 0 radical (unpaired) electrons. The Hall–Kier alpha value is -1.03. The molecule has 1 aliphatic heterocycles. The number of nitrogens with zero attached hydrogens (tertiary/aromatic N) is 2. The van der Waals surface area contributed by atoms with Gasteiger partial charge >= 0.3 is 6.18 Å². The summed E-state index contributed by atoms with van der Waals surface area (Å²) in [5, 5.41) is 6.84. The smallest absolute Gasteiger partial charge is 0.356 e. The van der Waals surface area contributed by atoms with E-state index in [4.69, 9.17) is 0 Å². The zero-order valence-corrected chi connectivity index (χ0v) is 18.9. The highest BCUT2D eigenvalue weighted by Gasteiger charge is 2.35. The summed E-state index contributed by atoms with van der Waals surface area (Å²) in [6.07, 6.45) is -0.997. The molecule has 1 saturated carbocycles. The fraction of sp³-hybridized carbons (Fsp3) is 0.650. The van der Waals surface area contributed by atoms with E-state index >= 15 is 0 Å². The van der Waals surface area contributed by atoms with Gasteiger partial charge < -0.3 is 10.6 Å². The minimum Gasteiger partial charge on any atom is -0.356 e. The van der Waals surface area contributed by atoms with E-state index in [9.17, 15) is 13.2 Å². The zero-order valence-electron chi connectivity index (χ0n) is 16.6. The van der Waals surface area contributed by atoms with Crippen LogP contribution < -0.4 is 10.6 Å². The molecule has 1 aromatic rings. The van der Waals surface area contributed by atoms with Gasteiger partial charge in [0, 0.05) is 25.7 Å². The van der Waals surface area contributed by atoms with Crippen LogP contribution in [0.3, 0.4) is 0 Å². The van der Waals surface area contributed by atoms with Gasteiger partial charge in [-0.2, -0.15) is 13.2 Å². The van der Waals surface area contributed by atoms with Crippen molar-refractivity contribution in [3.63, 3.8) is 0 Å². The number of nitrogens with one attached hydrogen (secondary N) is 2. The highest BCUT2D eigenvalue weighted by Crippen LogP contribution is 2.36. The lowest BCUT2D eigenvalue weighted by atomic mass is 9.84. The van der Waals surface area contributed by atoms with Crippen LogP contribution in [0.2, 0.25) is 0 Å². The van der Waals surface area contributed by atoms with Crippen LogP contribution in [0.15, 0.2) is 29.3 Å². The lowest BCUT2D eigenvalue weighted by Gasteiger charge is -2.40. The number of rotatable bonds is 4. The fourth-order valence-corrected chi connectivity index (χ4v) is 3.99. The second-order valence-electron chi connectivity index (χ2n) is 7.86. The van der Waals surface area contributed by atoms with E-state index in [2.05, 4.69) is 27.4 Å². The van der Waals surface area contributed by atoms with Gasteiger partial charge in [-0.1, -0.05) is 19.1 Å². The van der Waals surface area contributed by atoms with Crippen LogP contribution in [0.1, 0.15) is 43.4 Å². The minimum absolute atomic E-state index is 0. The Morgan fingerprint density at radius 3 is 2.43 bits per heavy atom. The van der Waals surface area contributed by atoms with Crippen LogP contribution in [0.25, 0.3) is 0 Å². The summed E-state index contributed by atoms with van der Waals surface area (Å²) >= 11 is 0. The zero-order chi connectivity index (χ0) is 19.6. The van der Waals surface area contributed by atoms with Crippen molar-refractivity contribution in [1.29, 1.82) is 0 Å². The molecule has 1 aromatic carbocycles. The van der Waals surface area contributed by atoms with Gasteiger partial charge in [0.25, 0.3) is 0 Å². The number of aliphatic imine (C=N–C) groups is 1. The summed E-state index contributed by atoms with van der Waals surface area (Å²) in [6.45, 7) is 3.91. The van der Waals surface area contributed by atoms with E-state index < -0.39 is 11.7 Å². The molecule has 4 nitrogen and oxygen atoms in total. The number of halogens is 4. The summed E-state index contributed by atoms with van der Waals surface area (Å²) in [4.78, 5) is 6.55. The van der Waals surface area contributed by atoms with Crippen molar-refractivity contribution in [2.24, 2.45) is 16.8 Å². The van der Waals surface area contributed by atoms with E-state index in [0.717, 1.165) is 37.5 Å². The second-order valence-corrected chi connectivity index (χ2v) is 7.86. The molecule has 4 unspecified atom stereocenters. The number of likely N-dealkylation sites (tertiary alicyclic amines) is 1. The van der Waals surface area contributed by atoms with Crippen LogP contribution in [0, 0.1) is 11.8 Å². The molecular formula is C20H30F3IN4. The topological polar surface area (TPSA) is 39.7 Å². The van der Waals surface area contributed by atoms with Gasteiger partial charge in [0.2, 0.25) is 0 Å². The standard InChI is InChI=1S/C20H29F3N4.HI/c1-13-11-17(13)26-19(24-2)25-12-15-5-4-10-27(3)18(15)14-6-8-16(9-7-14)20(21,22)23;/h6-9,13,15,17-18H,4-5,10-12H2,1-3H3,(H2,24,25,26);1H. The first-order chi connectivity index (χ1) is 12.8. The summed E-state index contributed by atoms with van der Waals surface area (Å²) in [5.74, 6) is 1.81. The molecule has 1 aliphatic carbocycles. The van der Waals surface area contributed by atoms with Gasteiger partial charge in [-0.05, 0) is 62.4 Å². The maximum Gasteiger partial charge on any atom is 0.416 e. The first-order valence-electron chi connectivity index (χ1n) is 9.64. The molecule has 0 spiro atoms. The molecule has 0 bridgehead atoms. The predicted octanol–water partition coefficient (Wildman–Crippen LogP) is 4.28. The third-order valence-electron chi connectivity index (χ3n) is 5.77. The Morgan fingerprint density at radius 1 is 1.25 bits per heavy atom. The monoisotopic (exact) mass is 510 g/mol. The number of hydrogen-bond donors (Lipinski definition) is 2. The van der Waals surface area contributed by atoms with Gasteiger partial charge in [0.1, 0.15) is 0 Å². The van der Waals surface area contributed by atoms with Gasteiger partial charge in [0.15, 0.2) is 5.96 Å². The van der Waals surface area contributed by atoms with E-state index in [-0.39, 0.29) is 30.0 Å². The van der Waals surface area contributed by atoms with E-state index in [1.807, 2.05) is 7.05 Å². The van der Waals surface area contributed by atoms with Crippen LogP contribution in [0.4, 0.5) is 13.2 Å². The summed E-state index contributed by atoms with van der Waals surface area (Å²) in [6, 6.07) is 6.24. The van der Waals surface area contributed by atoms with Crippen molar-refractivity contribution >= 4 is 29.9 Å². The van der Waals surface area contributed by atoms with Gasteiger partial charge in [-0.3, -0.25) is 9.89 Å². The van der Waals surface area contributed by atoms with Crippen molar-refractivity contribution in [2.45, 2.75) is 44.4 Å². The number of hydrogen-bond acceptors (Lipinski definition) is 2. The van der Waals surface area contributed by atoms with Crippen LogP contribution in [-0.2, 0) is 6.18 Å². The molecule has 3 rings (SSSR count). The molecule has 28 heavy (non-hydrogen) atoms. The van der Waals surface area contributed by atoms with Crippen molar-refractivity contribution in [1.82, 2.24) is 15.5 Å². The Balaban J connectivity index is 0.00000280. The third kappa shape index (κ3) is 5.75. The van der Waals surface area contributed by atoms with Crippen molar-refractivity contribution in [3.8, 4) is 0 Å². The largest absolute Gasteiger partial charge is 0.416 e. The molecule has 2 aliphatic rings. The third-order valence-corrected chi connectivity index (χ3v) is 5.77. The lowest BCUT2D eigenvalue weighted by Crippen LogP contribution is -2.45. The van der Waals surface area contributed by atoms with E-state index in [0.29, 0.717) is 17.9 Å². The van der Waals surface area contributed by atoms with E-state index in [1.165, 1.54) is 18.6 Å². The molecular weight excluding hydrogens is 480 g/mol. The molecule has 0 amide bonds. The lowest BCUT2D eigenvalue weighted by molar-refractivity contribution is -0.137. The van der Waals surface area contributed by atoms with Crippen molar-refractivity contribution in [3.05, 3.63) is 35.4 Å². The fourth-order valence-electron chi connectivity index (χ4n) is 3.99. The number of piperidine rings is 1. The average Bonchev–Trinajstić information content (AvgIpc) is 3.32. The Labute approximate surface area is 182 Å². The van der Waals surface area contributed by atoms with E-state index in [1.54, 1.807) is 19.2 Å². The van der Waals surface area contributed by atoms with Crippen LogP contribution in [0.5, 0.6) is 0 Å². The van der Waals surface area contributed by atoms with Crippen LogP contribution >= 0.6 is 24.0 Å². The molecule has 8 heteroatoms. The number of guanidine groups is 1. The van der Waals surface area contributed by atoms with Crippen LogP contribution in [-0.4, -0.2) is 44.1 Å². The summed E-state index contributed by atoms with van der Waals surface area (Å²) in [5.41, 5.74) is 0.346. The maximum atomic E-state index is 12.9. The molecule has 0 aromatic heterocycles. The predicted molar refractivity (Wildman–Crippen MR) is 117 cm³/mol. The second kappa shape index (κ2) is 9.65. The minimum atomic E-state index is -4.30.